The van der Waals surface area contributed by atoms with Crippen LogP contribution in [0.5, 0.6) is 0 Å². The van der Waals surface area contributed by atoms with Crippen molar-refractivity contribution >= 4 is 5.91 Å². The van der Waals surface area contributed by atoms with Crippen molar-refractivity contribution in [3.63, 3.8) is 0 Å². The highest BCUT2D eigenvalue weighted by molar-refractivity contribution is 5.77. The third-order valence-corrected chi connectivity index (χ3v) is 3.07. The van der Waals surface area contributed by atoms with Gasteiger partial charge in [-0.1, -0.05) is 6.08 Å². The predicted molar refractivity (Wildman–Crippen MR) is 67.3 cm³/mol. The first-order valence-electron chi connectivity index (χ1n) is 6.36. The maximum absolute atomic E-state index is 11.3. The average Bonchev–Trinajstić information content (AvgIpc) is 2.67. The SMILES string of the molecule is C=CCCC(C)NCCCN1CCCC1=O. The molecule has 0 aromatic carbocycles. The van der Waals surface area contributed by atoms with E-state index in [1.54, 1.807) is 0 Å². The van der Waals surface area contributed by atoms with Crippen LogP contribution in [0.3, 0.4) is 0 Å². The van der Waals surface area contributed by atoms with Gasteiger partial charge in [0.25, 0.3) is 0 Å². The highest BCUT2D eigenvalue weighted by Crippen LogP contribution is 2.09. The summed E-state index contributed by atoms with van der Waals surface area (Å²) >= 11 is 0. The monoisotopic (exact) mass is 224 g/mol. The zero-order valence-electron chi connectivity index (χ0n) is 10.4. The highest BCUT2D eigenvalue weighted by Gasteiger charge is 2.18. The second-order valence-corrected chi connectivity index (χ2v) is 4.56. The first-order chi connectivity index (χ1) is 7.74. The smallest absolute Gasteiger partial charge is 0.222 e. The Labute approximate surface area is 98.9 Å². The van der Waals surface area contributed by atoms with Crippen LogP contribution in [0.15, 0.2) is 12.7 Å². The second kappa shape index (κ2) is 7.44. The summed E-state index contributed by atoms with van der Waals surface area (Å²) in [5.41, 5.74) is 0. The molecule has 3 heteroatoms. The predicted octanol–water partition coefficient (Wildman–Crippen LogP) is 1.94. The molecule has 0 radical (unpaired) electrons. The summed E-state index contributed by atoms with van der Waals surface area (Å²) in [7, 11) is 0. The van der Waals surface area contributed by atoms with Crippen molar-refractivity contribution < 1.29 is 4.79 Å². The van der Waals surface area contributed by atoms with Crippen molar-refractivity contribution in [2.24, 2.45) is 0 Å². The third kappa shape index (κ3) is 4.79. The Bertz CT molecular complexity index is 228. The van der Waals surface area contributed by atoms with Crippen LogP contribution in [0.2, 0.25) is 0 Å². The normalized spacial score (nSPS) is 17.8. The van der Waals surface area contributed by atoms with E-state index in [-0.39, 0.29) is 0 Å². The van der Waals surface area contributed by atoms with E-state index in [0.29, 0.717) is 11.9 Å². The van der Waals surface area contributed by atoms with Crippen LogP contribution in [0.25, 0.3) is 0 Å². The van der Waals surface area contributed by atoms with Gasteiger partial charge in [0.2, 0.25) is 5.91 Å². The number of likely N-dealkylation sites (tertiary alicyclic amines) is 1. The van der Waals surface area contributed by atoms with E-state index in [4.69, 9.17) is 0 Å². The molecular formula is C13H24N2O. The largest absolute Gasteiger partial charge is 0.343 e. The molecular weight excluding hydrogens is 200 g/mol. The Kier molecular flexibility index (Phi) is 6.16. The lowest BCUT2D eigenvalue weighted by atomic mass is 10.2. The zero-order valence-corrected chi connectivity index (χ0v) is 10.4. The first-order valence-corrected chi connectivity index (χ1v) is 6.36. The minimum Gasteiger partial charge on any atom is -0.343 e. The maximum atomic E-state index is 11.3. The number of carbonyl (C=O) groups is 1. The molecule has 0 aliphatic carbocycles. The van der Waals surface area contributed by atoms with Crippen LogP contribution < -0.4 is 5.32 Å². The van der Waals surface area contributed by atoms with Gasteiger partial charge < -0.3 is 10.2 Å². The van der Waals surface area contributed by atoms with E-state index < -0.39 is 0 Å². The Balaban J connectivity index is 1.98. The van der Waals surface area contributed by atoms with Crippen molar-refractivity contribution in [3.8, 4) is 0 Å². The van der Waals surface area contributed by atoms with Crippen LogP contribution in [0.1, 0.15) is 39.0 Å². The molecule has 0 bridgehead atoms. The summed E-state index contributed by atoms with van der Waals surface area (Å²) in [5, 5.41) is 3.47. The van der Waals surface area contributed by atoms with Crippen molar-refractivity contribution in [2.75, 3.05) is 19.6 Å². The van der Waals surface area contributed by atoms with Gasteiger partial charge in [-0.2, -0.15) is 0 Å². The fourth-order valence-electron chi connectivity index (χ4n) is 2.03. The standard InChI is InChI=1S/C13H24N2O/c1-3-4-7-12(2)14-9-6-11-15-10-5-8-13(15)16/h3,12,14H,1,4-11H2,2H3. The topological polar surface area (TPSA) is 32.3 Å². The van der Waals surface area contributed by atoms with E-state index >= 15 is 0 Å². The van der Waals surface area contributed by atoms with E-state index in [0.717, 1.165) is 51.7 Å². The lowest BCUT2D eigenvalue weighted by Crippen LogP contribution is -2.31. The maximum Gasteiger partial charge on any atom is 0.222 e. The number of hydrogen-bond acceptors (Lipinski definition) is 2. The Hall–Kier alpha value is -0.830. The summed E-state index contributed by atoms with van der Waals surface area (Å²) < 4.78 is 0. The lowest BCUT2D eigenvalue weighted by molar-refractivity contribution is -0.127. The van der Waals surface area contributed by atoms with Crippen LogP contribution >= 0.6 is 0 Å². The molecule has 0 spiro atoms. The molecule has 16 heavy (non-hydrogen) atoms. The Morgan fingerprint density at radius 3 is 3.06 bits per heavy atom. The van der Waals surface area contributed by atoms with Crippen LogP contribution in [-0.4, -0.2) is 36.5 Å². The number of nitrogens with one attached hydrogen (secondary N) is 1. The molecule has 1 fully saturated rings. The number of allylic oxidation sites excluding steroid dienone is 1. The van der Waals surface area contributed by atoms with E-state index in [9.17, 15) is 4.79 Å². The van der Waals surface area contributed by atoms with Crippen molar-refractivity contribution in [1.82, 2.24) is 10.2 Å². The van der Waals surface area contributed by atoms with E-state index in [1.165, 1.54) is 0 Å². The van der Waals surface area contributed by atoms with Crippen molar-refractivity contribution in [1.29, 1.82) is 0 Å². The Morgan fingerprint density at radius 1 is 1.62 bits per heavy atom. The van der Waals surface area contributed by atoms with Gasteiger partial charge in [-0.05, 0) is 39.2 Å². The third-order valence-electron chi connectivity index (χ3n) is 3.07. The molecule has 0 aromatic rings. The van der Waals surface area contributed by atoms with Gasteiger partial charge in [-0.25, -0.2) is 0 Å². The fourth-order valence-corrected chi connectivity index (χ4v) is 2.03. The molecule has 1 unspecified atom stereocenters. The van der Waals surface area contributed by atoms with Crippen LogP contribution in [0.4, 0.5) is 0 Å². The van der Waals surface area contributed by atoms with Crippen LogP contribution in [-0.2, 0) is 4.79 Å². The summed E-state index contributed by atoms with van der Waals surface area (Å²) in [6.07, 6.45) is 7.03. The first kappa shape index (κ1) is 13.2. The van der Waals surface area contributed by atoms with E-state index in [1.807, 2.05) is 11.0 Å². The average molecular weight is 224 g/mol. The van der Waals surface area contributed by atoms with E-state index in [2.05, 4.69) is 18.8 Å². The summed E-state index contributed by atoms with van der Waals surface area (Å²) in [4.78, 5) is 13.3. The van der Waals surface area contributed by atoms with Gasteiger partial charge in [-0.3, -0.25) is 4.79 Å². The fraction of sp³-hybridized carbons (Fsp3) is 0.769. The van der Waals surface area contributed by atoms with Crippen molar-refractivity contribution in [3.05, 3.63) is 12.7 Å². The van der Waals surface area contributed by atoms with Gasteiger partial charge in [0.05, 0.1) is 0 Å². The van der Waals surface area contributed by atoms with Gasteiger partial charge in [0.15, 0.2) is 0 Å². The molecule has 3 nitrogen and oxygen atoms in total. The van der Waals surface area contributed by atoms with Gasteiger partial charge >= 0.3 is 0 Å². The molecule has 1 heterocycles. The Morgan fingerprint density at radius 2 is 2.44 bits per heavy atom. The number of nitrogens with zero attached hydrogens (tertiary/aromatic N) is 1. The minimum absolute atomic E-state index is 0.333. The molecule has 1 amide bonds. The molecule has 1 rings (SSSR count). The molecule has 1 N–H and O–H groups in total. The molecule has 1 atom stereocenters. The van der Waals surface area contributed by atoms with Gasteiger partial charge in [0, 0.05) is 25.6 Å². The number of hydrogen-bond donors (Lipinski definition) is 1. The zero-order chi connectivity index (χ0) is 11.8. The molecule has 1 saturated heterocycles. The number of rotatable bonds is 8. The molecule has 92 valence electrons. The summed E-state index contributed by atoms with van der Waals surface area (Å²) in [5.74, 6) is 0.333. The lowest BCUT2D eigenvalue weighted by Gasteiger charge is -2.17. The highest BCUT2D eigenvalue weighted by atomic mass is 16.2. The number of carbonyl (C=O) groups excluding carboxylic acids is 1. The summed E-state index contributed by atoms with van der Waals surface area (Å²) in [6.45, 7) is 8.80. The van der Waals surface area contributed by atoms with Gasteiger partial charge in [-0.15, -0.1) is 6.58 Å². The van der Waals surface area contributed by atoms with Crippen molar-refractivity contribution in [2.45, 2.75) is 45.1 Å². The van der Waals surface area contributed by atoms with Crippen LogP contribution in [0, 0.1) is 0 Å². The molecule has 1 aliphatic rings. The van der Waals surface area contributed by atoms with Gasteiger partial charge in [0.1, 0.15) is 0 Å². The molecule has 0 saturated carbocycles. The second-order valence-electron chi connectivity index (χ2n) is 4.56. The summed E-state index contributed by atoms with van der Waals surface area (Å²) in [6, 6.07) is 0.548. The molecule has 1 aliphatic heterocycles. The molecule has 0 aromatic heterocycles. The quantitative estimate of drug-likeness (QED) is 0.505. The minimum atomic E-state index is 0.333. The number of amides is 1.